The molecule has 2 aromatic rings. The van der Waals surface area contributed by atoms with Gasteiger partial charge in [0.05, 0.1) is 5.02 Å². The van der Waals surface area contributed by atoms with Crippen molar-refractivity contribution in [2.75, 3.05) is 6.61 Å². The summed E-state index contributed by atoms with van der Waals surface area (Å²) < 4.78 is 5.00. The molecule has 0 spiro atoms. The summed E-state index contributed by atoms with van der Waals surface area (Å²) in [5.41, 5.74) is 3.36. The fourth-order valence-corrected chi connectivity index (χ4v) is 2.69. The molecule has 1 N–H and O–H groups in total. The molecule has 0 amide bonds. The zero-order valence-electron chi connectivity index (χ0n) is 11.3. The molecule has 21 heavy (non-hydrogen) atoms. The number of Topliss-reactive ketones (excluding diaryl/α,β-unsaturated/α-hetero) is 1. The number of aryl methyl sites for hydroxylation is 2. The Balaban J connectivity index is 1.63. The van der Waals surface area contributed by atoms with E-state index in [0.717, 1.165) is 19.3 Å². The van der Waals surface area contributed by atoms with Gasteiger partial charge in [0.2, 0.25) is 0 Å². The molecule has 0 saturated heterocycles. The number of halogens is 1. The van der Waals surface area contributed by atoms with Crippen molar-refractivity contribution in [1.29, 1.82) is 0 Å². The maximum Gasteiger partial charge on any atom is 0.355 e. The van der Waals surface area contributed by atoms with E-state index >= 15 is 0 Å². The first-order valence-electron chi connectivity index (χ1n) is 6.79. The lowest BCUT2D eigenvalue weighted by molar-refractivity contribution is 0.0469. The Morgan fingerprint density at radius 1 is 1.19 bits per heavy atom. The third-order valence-electron chi connectivity index (χ3n) is 3.62. The van der Waals surface area contributed by atoms with E-state index in [1.54, 1.807) is 6.07 Å². The number of ketones is 1. The SMILES string of the molecule is O=C(COC(=O)c1cc(Cl)c[nH]1)c1ccc2c(c1)CCC2. The van der Waals surface area contributed by atoms with Crippen molar-refractivity contribution in [2.45, 2.75) is 19.3 Å². The minimum Gasteiger partial charge on any atom is -0.453 e. The second-order valence-electron chi connectivity index (χ2n) is 5.07. The predicted octanol–water partition coefficient (Wildman–Crippen LogP) is 3.20. The summed E-state index contributed by atoms with van der Waals surface area (Å²) >= 11 is 5.71. The van der Waals surface area contributed by atoms with Crippen LogP contribution in [0.4, 0.5) is 0 Å². The highest BCUT2D eigenvalue weighted by atomic mass is 35.5. The number of hydrogen-bond donors (Lipinski definition) is 1. The molecule has 1 heterocycles. The number of rotatable bonds is 4. The zero-order chi connectivity index (χ0) is 14.8. The predicted molar refractivity (Wildman–Crippen MR) is 78.9 cm³/mol. The van der Waals surface area contributed by atoms with Crippen molar-refractivity contribution in [2.24, 2.45) is 0 Å². The lowest BCUT2D eigenvalue weighted by Crippen LogP contribution is -2.14. The van der Waals surface area contributed by atoms with E-state index in [2.05, 4.69) is 4.98 Å². The number of hydrogen-bond acceptors (Lipinski definition) is 3. The average Bonchev–Trinajstić information content (AvgIpc) is 3.12. The Morgan fingerprint density at radius 2 is 2.00 bits per heavy atom. The van der Waals surface area contributed by atoms with Crippen LogP contribution in [-0.2, 0) is 17.6 Å². The summed E-state index contributed by atoms with van der Waals surface area (Å²) in [4.78, 5) is 26.5. The molecule has 1 aromatic carbocycles. The molecule has 0 bridgehead atoms. The lowest BCUT2D eigenvalue weighted by atomic mass is 10.0. The van der Waals surface area contributed by atoms with Crippen LogP contribution < -0.4 is 0 Å². The quantitative estimate of drug-likeness (QED) is 0.697. The van der Waals surface area contributed by atoms with Gasteiger partial charge in [-0.3, -0.25) is 4.79 Å². The maximum atomic E-state index is 12.1. The molecule has 108 valence electrons. The Morgan fingerprint density at radius 3 is 2.76 bits per heavy atom. The van der Waals surface area contributed by atoms with Gasteiger partial charge in [0, 0.05) is 11.8 Å². The van der Waals surface area contributed by atoms with Gasteiger partial charge >= 0.3 is 5.97 Å². The molecular weight excluding hydrogens is 290 g/mol. The van der Waals surface area contributed by atoms with E-state index in [-0.39, 0.29) is 18.1 Å². The third-order valence-corrected chi connectivity index (χ3v) is 3.84. The van der Waals surface area contributed by atoms with Gasteiger partial charge in [-0.1, -0.05) is 23.7 Å². The topological polar surface area (TPSA) is 59.2 Å². The molecule has 4 nitrogen and oxygen atoms in total. The third kappa shape index (κ3) is 3.00. The first kappa shape index (κ1) is 13.9. The van der Waals surface area contributed by atoms with Crippen LogP contribution in [-0.4, -0.2) is 23.3 Å². The molecule has 3 rings (SSSR count). The molecule has 0 fully saturated rings. The molecule has 0 aliphatic heterocycles. The molecule has 0 unspecified atom stereocenters. The smallest absolute Gasteiger partial charge is 0.355 e. The van der Waals surface area contributed by atoms with Crippen LogP contribution in [0.3, 0.4) is 0 Å². The minimum atomic E-state index is -0.587. The van der Waals surface area contributed by atoms with Gasteiger partial charge in [-0.2, -0.15) is 0 Å². The highest BCUT2D eigenvalue weighted by Gasteiger charge is 2.16. The number of esters is 1. The van der Waals surface area contributed by atoms with E-state index in [1.807, 2.05) is 12.1 Å². The van der Waals surface area contributed by atoms with Crippen LogP contribution in [0.1, 0.15) is 38.4 Å². The Kier molecular flexibility index (Phi) is 3.80. The van der Waals surface area contributed by atoms with Crippen molar-refractivity contribution >= 4 is 23.4 Å². The van der Waals surface area contributed by atoms with E-state index in [9.17, 15) is 9.59 Å². The van der Waals surface area contributed by atoms with Gasteiger partial charge < -0.3 is 9.72 Å². The number of aromatic amines is 1. The fourth-order valence-electron chi connectivity index (χ4n) is 2.52. The summed E-state index contributed by atoms with van der Waals surface area (Å²) in [6.45, 7) is -0.270. The maximum absolute atomic E-state index is 12.1. The normalized spacial score (nSPS) is 13.0. The summed E-state index contributed by atoms with van der Waals surface area (Å²) in [5, 5.41) is 0.423. The van der Waals surface area contributed by atoms with Gasteiger partial charge in [-0.25, -0.2) is 4.79 Å². The van der Waals surface area contributed by atoms with Crippen molar-refractivity contribution in [3.63, 3.8) is 0 Å². The van der Waals surface area contributed by atoms with Gasteiger partial charge in [-0.05, 0) is 42.5 Å². The first-order chi connectivity index (χ1) is 10.1. The Hall–Kier alpha value is -2.07. The number of carbonyl (C=O) groups excluding carboxylic acids is 2. The van der Waals surface area contributed by atoms with E-state index in [4.69, 9.17) is 16.3 Å². The largest absolute Gasteiger partial charge is 0.453 e. The highest BCUT2D eigenvalue weighted by molar-refractivity contribution is 6.30. The van der Waals surface area contributed by atoms with Gasteiger partial charge in [0.25, 0.3) is 0 Å². The van der Waals surface area contributed by atoms with E-state index < -0.39 is 5.97 Å². The number of carbonyl (C=O) groups is 2. The molecule has 0 saturated carbocycles. The molecular formula is C16H14ClNO3. The van der Waals surface area contributed by atoms with Crippen molar-refractivity contribution < 1.29 is 14.3 Å². The number of ether oxygens (including phenoxy) is 1. The van der Waals surface area contributed by atoms with Crippen LogP contribution in [0, 0.1) is 0 Å². The standard InChI is InChI=1S/C16H14ClNO3/c17-13-7-14(18-8-13)16(20)21-9-15(19)12-5-4-10-2-1-3-11(10)6-12/h4-8,18H,1-3,9H2. The van der Waals surface area contributed by atoms with Gasteiger partial charge in [0.1, 0.15) is 5.69 Å². The van der Waals surface area contributed by atoms with Crippen molar-refractivity contribution in [3.8, 4) is 0 Å². The number of nitrogens with one attached hydrogen (secondary N) is 1. The lowest BCUT2D eigenvalue weighted by Gasteiger charge is -2.05. The number of benzene rings is 1. The Labute approximate surface area is 127 Å². The van der Waals surface area contributed by atoms with Crippen molar-refractivity contribution in [1.82, 2.24) is 4.98 Å². The monoisotopic (exact) mass is 303 g/mol. The summed E-state index contributed by atoms with van der Waals surface area (Å²) in [5.74, 6) is -0.785. The van der Waals surface area contributed by atoms with Crippen molar-refractivity contribution in [3.05, 3.63) is 57.9 Å². The van der Waals surface area contributed by atoms with Crippen LogP contribution >= 0.6 is 11.6 Å². The van der Waals surface area contributed by atoms with E-state index in [0.29, 0.717) is 10.6 Å². The number of fused-ring (bicyclic) bond motifs is 1. The number of aromatic nitrogens is 1. The van der Waals surface area contributed by atoms with Crippen LogP contribution in [0.2, 0.25) is 5.02 Å². The zero-order valence-corrected chi connectivity index (χ0v) is 12.1. The first-order valence-corrected chi connectivity index (χ1v) is 7.17. The molecule has 0 radical (unpaired) electrons. The van der Waals surface area contributed by atoms with Crippen LogP contribution in [0.15, 0.2) is 30.5 Å². The molecule has 1 aromatic heterocycles. The molecule has 1 aliphatic rings. The summed E-state index contributed by atoms with van der Waals surface area (Å²) in [6, 6.07) is 7.15. The molecule has 5 heteroatoms. The fraction of sp³-hybridized carbons (Fsp3) is 0.250. The van der Waals surface area contributed by atoms with E-state index in [1.165, 1.54) is 23.4 Å². The van der Waals surface area contributed by atoms with Crippen LogP contribution in [0.5, 0.6) is 0 Å². The second kappa shape index (κ2) is 5.74. The minimum absolute atomic E-state index is 0.198. The highest BCUT2D eigenvalue weighted by Crippen LogP contribution is 2.23. The van der Waals surface area contributed by atoms with Gasteiger partial charge in [0.15, 0.2) is 12.4 Å². The average molecular weight is 304 g/mol. The molecule has 0 atom stereocenters. The van der Waals surface area contributed by atoms with Crippen LogP contribution in [0.25, 0.3) is 0 Å². The summed E-state index contributed by atoms with van der Waals surface area (Å²) in [7, 11) is 0. The number of H-pyrrole nitrogens is 1. The summed E-state index contributed by atoms with van der Waals surface area (Å²) in [6.07, 6.45) is 4.71. The van der Waals surface area contributed by atoms with Gasteiger partial charge in [-0.15, -0.1) is 0 Å². The Bertz CT molecular complexity index is 705. The second-order valence-corrected chi connectivity index (χ2v) is 5.50. The molecule has 1 aliphatic carbocycles.